The molecule has 28 heavy (non-hydrogen) atoms. The van der Waals surface area contributed by atoms with Crippen molar-refractivity contribution in [3.8, 4) is 5.75 Å². The molecule has 0 unspecified atom stereocenters. The van der Waals surface area contributed by atoms with Gasteiger partial charge in [0.05, 0.1) is 17.7 Å². The van der Waals surface area contributed by atoms with Crippen LogP contribution in [0.15, 0.2) is 58.4 Å². The van der Waals surface area contributed by atoms with Crippen LogP contribution < -0.4 is 4.74 Å². The van der Waals surface area contributed by atoms with E-state index in [4.69, 9.17) is 9.47 Å². The summed E-state index contributed by atoms with van der Waals surface area (Å²) in [5.74, 6) is 0.810. The first kappa shape index (κ1) is 20.2. The first-order valence-electron chi connectivity index (χ1n) is 9.11. The highest BCUT2D eigenvalue weighted by molar-refractivity contribution is 8.18. The molecule has 0 radical (unpaired) electrons. The molecule has 3 rings (SSSR count). The Morgan fingerprint density at radius 1 is 1.14 bits per heavy atom. The summed E-state index contributed by atoms with van der Waals surface area (Å²) in [6.07, 6.45) is 2.67. The number of para-hydroxylation sites is 1. The molecule has 0 aliphatic carbocycles. The number of hydrogen-bond acceptors (Lipinski definition) is 5. The molecule has 2 aromatic carbocycles. The first-order chi connectivity index (χ1) is 13.6. The molecular formula is C22H24N2O3S. The number of carbonyl (C=O) groups excluding carboxylic acids is 1. The van der Waals surface area contributed by atoms with Crippen LogP contribution in [0.5, 0.6) is 5.75 Å². The van der Waals surface area contributed by atoms with E-state index in [9.17, 15) is 4.79 Å². The number of aliphatic imine (C=N–C) groups is 1. The van der Waals surface area contributed by atoms with Crippen molar-refractivity contribution in [3.63, 3.8) is 0 Å². The third kappa shape index (κ3) is 4.82. The van der Waals surface area contributed by atoms with Gasteiger partial charge in [0, 0.05) is 20.3 Å². The molecule has 146 valence electrons. The second-order valence-corrected chi connectivity index (χ2v) is 7.38. The van der Waals surface area contributed by atoms with Gasteiger partial charge >= 0.3 is 0 Å². The van der Waals surface area contributed by atoms with Gasteiger partial charge in [-0.05, 0) is 66.6 Å². The van der Waals surface area contributed by atoms with Gasteiger partial charge in [-0.3, -0.25) is 9.69 Å². The first-order valence-corrected chi connectivity index (χ1v) is 9.92. The van der Waals surface area contributed by atoms with Crippen molar-refractivity contribution >= 4 is 34.6 Å². The lowest BCUT2D eigenvalue weighted by atomic mass is 10.1. The molecule has 1 heterocycles. The van der Waals surface area contributed by atoms with E-state index in [0.717, 1.165) is 29.0 Å². The fourth-order valence-electron chi connectivity index (χ4n) is 2.91. The zero-order valence-corrected chi connectivity index (χ0v) is 17.2. The van der Waals surface area contributed by atoms with Crippen LogP contribution in [0.4, 0.5) is 5.69 Å². The lowest BCUT2D eigenvalue weighted by molar-refractivity contribution is -0.122. The highest BCUT2D eigenvalue weighted by Gasteiger charge is 2.33. The maximum absolute atomic E-state index is 13.0. The van der Waals surface area contributed by atoms with Crippen LogP contribution in [0.2, 0.25) is 0 Å². The number of thioether (sulfide) groups is 1. The van der Waals surface area contributed by atoms with Gasteiger partial charge in [0.2, 0.25) is 0 Å². The average molecular weight is 397 g/mol. The van der Waals surface area contributed by atoms with Gasteiger partial charge in [-0.2, -0.15) is 0 Å². The summed E-state index contributed by atoms with van der Waals surface area (Å²) in [6.45, 7) is 3.16. The lowest BCUT2D eigenvalue weighted by Gasteiger charge is -2.15. The van der Waals surface area contributed by atoms with Gasteiger partial charge < -0.3 is 9.47 Å². The molecule has 0 saturated carbocycles. The van der Waals surface area contributed by atoms with E-state index in [2.05, 4.69) is 4.99 Å². The molecule has 5 nitrogen and oxygen atoms in total. The lowest BCUT2D eigenvalue weighted by Crippen LogP contribution is -2.30. The normalized spacial score (nSPS) is 17.0. The predicted molar refractivity (Wildman–Crippen MR) is 115 cm³/mol. The van der Waals surface area contributed by atoms with Crippen molar-refractivity contribution < 1.29 is 14.3 Å². The minimum Gasteiger partial charge on any atom is -0.496 e. The highest BCUT2D eigenvalue weighted by Crippen LogP contribution is 2.34. The van der Waals surface area contributed by atoms with Crippen LogP contribution in [0.1, 0.15) is 17.5 Å². The van der Waals surface area contributed by atoms with E-state index in [1.165, 1.54) is 11.8 Å². The third-order valence-corrected chi connectivity index (χ3v) is 5.32. The largest absolute Gasteiger partial charge is 0.496 e. The molecule has 0 spiro atoms. The van der Waals surface area contributed by atoms with Crippen LogP contribution in [-0.4, -0.2) is 43.3 Å². The maximum atomic E-state index is 13.0. The van der Waals surface area contributed by atoms with Crippen LogP contribution in [0.3, 0.4) is 0 Å². The third-order valence-electron chi connectivity index (χ3n) is 4.32. The van der Waals surface area contributed by atoms with Crippen LogP contribution >= 0.6 is 11.8 Å². The van der Waals surface area contributed by atoms with Crippen molar-refractivity contribution in [2.75, 3.05) is 27.4 Å². The van der Waals surface area contributed by atoms with Crippen LogP contribution in [-0.2, 0) is 9.53 Å². The molecule has 1 amide bonds. The summed E-state index contributed by atoms with van der Waals surface area (Å²) in [5, 5.41) is 0.698. The Balaban J connectivity index is 1.89. The zero-order valence-electron chi connectivity index (χ0n) is 16.3. The number of carbonyl (C=O) groups is 1. The van der Waals surface area contributed by atoms with Gasteiger partial charge in [-0.25, -0.2) is 4.99 Å². The number of benzene rings is 2. The number of amides is 1. The van der Waals surface area contributed by atoms with Gasteiger partial charge in [-0.1, -0.05) is 24.3 Å². The van der Waals surface area contributed by atoms with Gasteiger partial charge in [0.25, 0.3) is 5.91 Å². The Morgan fingerprint density at radius 3 is 2.61 bits per heavy atom. The van der Waals surface area contributed by atoms with E-state index in [1.54, 1.807) is 19.1 Å². The molecule has 0 aromatic heterocycles. The Labute approximate surface area is 170 Å². The van der Waals surface area contributed by atoms with Gasteiger partial charge in [-0.15, -0.1) is 0 Å². The molecule has 1 fully saturated rings. The number of aryl methyl sites for hydroxylation is 1. The number of hydrogen-bond donors (Lipinski definition) is 0. The smallest absolute Gasteiger partial charge is 0.266 e. The second kappa shape index (κ2) is 9.57. The number of ether oxygens (including phenoxy) is 2. The Morgan fingerprint density at radius 2 is 1.93 bits per heavy atom. The number of amidine groups is 1. The SMILES string of the molecule is COCCCN1C(=O)/C(=C/c2ccc(OC)c(C)c2)SC1=Nc1ccccc1. The topological polar surface area (TPSA) is 51.1 Å². The van der Waals surface area contributed by atoms with Gasteiger partial charge in [0.15, 0.2) is 5.17 Å². The fraction of sp³-hybridized carbons (Fsp3) is 0.273. The van der Waals surface area contributed by atoms with Crippen molar-refractivity contribution in [1.29, 1.82) is 0 Å². The van der Waals surface area contributed by atoms with Crippen LogP contribution in [0, 0.1) is 6.92 Å². The van der Waals surface area contributed by atoms with Crippen molar-refractivity contribution in [3.05, 3.63) is 64.6 Å². The van der Waals surface area contributed by atoms with E-state index in [-0.39, 0.29) is 5.91 Å². The molecule has 6 heteroatoms. The standard InChI is InChI=1S/C22H24N2O3S/c1-16-14-17(10-11-19(16)27-3)15-20-21(25)24(12-7-13-26-2)22(28-20)23-18-8-5-4-6-9-18/h4-6,8-11,14-15H,7,12-13H2,1-3H3/b20-15-,23-22?. The molecule has 1 aliphatic heterocycles. The van der Waals surface area contributed by atoms with Crippen molar-refractivity contribution in [1.82, 2.24) is 4.90 Å². The monoisotopic (exact) mass is 396 g/mol. The zero-order chi connectivity index (χ0) is 19.9. The quantitative estimate of drug-likeness (QED) is 0.505. The molecule has 1 saturated heterocycles. The summed E-state index contributed by atoms with van der Waals surface area (Å²) in [7, 11) is 3.32. The Hall–Kier alpha value is -2.57. The van der Waals surface area contributed by atoms with Crippen LogP contribution in [0.25, 0.3) is 6.08 Å². The summed E-state index contributed by atoms with van der Waals surface area (Å²) in [4.78, 5) is 20.1. The Kier molecular flexibility index (Phi) is 6.90. The minimum atomic E-state index is -0.0238. The molecular weight excluding hydrogens is 372 g/mol. The molecule has 2 aromatic rings. The Bertz CT molecular complexity index is 894. The molecule has 1 aliphatic rings. The van der Waals surface area contributed by atoms with E-state index < -0.39 is 0 Å². The van der Waals surface area contributed by atoms with Gasteiger partial charge in [0.1, 0.15) is 5.75 Å². The van der Waals surface area contributed by atoms with E-state index >= 15 is 0 Å². The van der Waals surface area contributed by atoms with Crippen molar-refractivity contribution in [2.45, 2.75) is 13.3 Å². The predicted octanol–water partition coefficient (Wildman–Crippen LogP) is 4.64. The molecule has 0 bridgehead atoms. The number of nitrogens with zero attached hydrogens (tertiary/aromatic N) is 2. The summed E-state index contributed by atoms with van der Waals surface area (Å²) < 4.78 is 10.5. The van der Waals surface area contributed by atoms with E-state index in [1.807, 2.05) is 61.5 Å². The highest BCUT2D eigenvalue weighted by atomic mass is 32.2. The molecule has 0 N–H and O–H groups in total. The summed E-state index contributed by atoms with van der Waals surface area (Å²) in [5.41, 5.74) is 2.82. The number of rotatable bonds is 7. The fourth-order valence-corrected chi connectivity index (χ4v) is 3.94. The maximum Gasteiger partial charge on any atom is 0.266 e. The molecule has 0 atom stereocenters. The second-order valence-electron chi connectivity index (χ2n) is 6.37. The number of methoxy groups -OCH3 is 2. The summed E-state index contributed by atoms with van der Waals surface area (Å²) >= 11 is 1.41. The van der Waals surface area contributed by atoms with E-state index in [0.29, 0.717) is 23.2 Å². The average Bonchev–Trinajstić information content (AvgIpc) is 2.98. The summed E-state index contributed by atoms with van der Waals surface area (Å²) in [6, 6.07) is 15.6. The van der Waals surface area contributed by atoms with Crippen molar-refractivity contribution in [2.24, 2.45) is 4.99 Å². The minimum absolute atomic E-state index is 0.0238.